The molecule has 0 saturated carbocycles. The molecule has 92 valence electrons. The van der Waals surface area contributed by atoms with Gasteiger partial charge in [0.2, 0.25) is 5.90 Å². The highest BCUT2D eigenvalue weighted by Crippen LogP contribution is 2.18. The molecule has 0 aliphatic carbocycles. The van der Waals surface area contributed by atoms with Gasteiger partial charge in [-0.2, -0.15) is 0 Å². The molecule has 1 atom stereocenters. The van der Waals surface area contributed by atoms with Crippen LogP contribution in [0.4, 0.5) is 0 Å². The van der Waals surface area contributed by atoms with Crippen LogP contribution in [-0.4, -0.2) is 18.5 Å². The smallest absolute Gasteiger partial charge is 0.216 e. The molecule has 17 heavy (non-hydrogen) atoms. The molecule has 0 fully saturated rings. The number of ether oxygens (including phenoxy) is 1. The second kappa shape index (κ2) is 5.35. The summed E-state index contributed by atoms with van der Waals surface area (Å²) < 4.78 is 5.66. The van der Waals surface area contributed by atoms with Crippen LogP contribution in [0.2, 0.25) is 0 Å². The molecule has 2 rings (SSSR count). The van der Waals surface area contributed by atoms with Crippen LogP contribution in [0.3, 0.4) is 0 Å². The highest BCUT2D eigenvalue weighted by atomic mass is 16.5. The Morgan fingerprint density at radius 2 is 2.00 bits per heavy atom. The first-order chi connectivity index (χ1) is 8.20. The van der Waals surface area contributed by atoms with Crippen molar-refractivity contribution in [2.45, 2.75) is 39.7 Å². The number of aryl methyl sites for hydroxylation is 1. The summed E-state index contributed by atoms with van der Waals surface area (Å²) in [7, 11) is 0. The lowest BCUT2D eigenvalue weighted by Gasteiger charge is -2.06. The third kappa shape index (κ3) is 2.87. The molecule has 0 N–H and O–H groups in total. The van der Waals surface area contributed by atoms with Gasteiger partial charge in [0.25, 0.3) is 0 Å². The standard InChI is InChI=1S/C15H21NO/c1-4-5-12-6-8-13(9-7-12)15-16-14(10-17-15)11(2)3/h6-9,11,14H,4-5,10H2,1-3H3. The first-order valence-electron chi connectivity index (χ1n) is 6.50. The Hall–Kier alpha value is -1.31. The van der Waals surface area contributed by atoms with Crippen molar-refractivity contribution >= 4 is 5.90 Å². The van der Waals surface area contributed by atoms with E-state index in [1.54, 1.807) is 0 Å². The number of hydrogen-bond donors (Lipinski definition) is 0. The highest BCUT2D eigenvalue weighted by molar-refractivity contribution is 5.95. The maximum atomic E-state index is 5.66. The van der Waals surface area contributed by atoms with Gasteiger partial charge in [-0.25, -0.2) is 4.99 Å². The van der Waals surface area contributed by atoms with Crippen molar-refractivity contribution in [1.29, 1.82) is 0 Å². The Kier molecular flexibility index (Phi) is 3.82. The molecule has 2 nitrogen and oxygen atoms in total. The van der Waals surface area contributed by atoms with E-state index in [0.29, 0.717) is 12.0 Å². The molecule has 0 aromatic heterocycles. The van der Waals surface area contributed by atoms with E-state index >= 15 is 0 Å². The molecule has 1 aliphatic heterocycles. The van der Waals surface area contributed by atoms with Gasteiger partial charge in [-0.1, -0.05) is 39.3 Å². The number of aliphatic imine (C=N–C) groups is 1. The molecule has 1 aromatic rings. The van der Waals surface area contributed by atoms with Crippen molar-refractivity contribution in [3.63, 3.8) is 0 Å². The van der Waals surface area contributed by atoms with Gasteiger partial charge in [-0.15, -0.1) is 0 Å². The van der Waals surface area contributed by atoms with Crippen LogP contribution in [-0.2, 0) is 11.2 Å². The van der Waals surface area contributed by atoms with Crippen LogP contribution >= 0.6 is 0 Å². The highest BCUT2D eigenvalue weighted by Gasteiger charge is 2.22. The summed E-state index contributed by atoms with van der Waals surface area (Å²) >= 11 is 0. The van der Waals surface area contributed by atoms with Crippen LogP contribution in [0.25, 0.3) is 0 Å². The minimum Gasteiger partial charge on any atom is -0.475 e. The van der Waals surface area contributed by atoms with Crippen molar-refractivity contribution in [2.24, 2.45) is 10.9 Å². The van der Waals surface area contributed by atoms with E-state index in [9.17, 15) is 0 Å². The maximum Gasteiger partial charge on any atom is 0.216 e. The molecule has 0 amide bonds. The topological polar surface area (TPSA) is 21.6 Å². The van der Waals surface area contributed by atoms with Gasteiger partial charge in [-0.3, -0.25) is 0 Å². The summed E-state index contributed by atoms with van der Waals surface area (Å²) in [5.41, 5.74) is 2.49. The van der Waals surface area contributed by atoms with Crippen molar-refractivity contribution in [3.05, 3.63) is 35.4 Å². The Morgan fingerprint density at radius 1 is 1.29 bits per heavy atom. The predicted octanol–water partition coefficient (Wildman–Crippen LogP) is 3.44. The van der Waals surface area contributed by atoms with Gasteiger partial charge >= 0.3 is 0 Å². The van der Waals surface area contributed by atoms with Crippen LogP contribution in [0, 0.1) is 5.92 Å². The van der Waals surface area contributed by atoms with E-state index in [4.69, 9.17) is 4.74 Å². The Balaban J connectivity index is 2.10. The second-order valence-electron chi connectivity index (χ2n) is 5.00. The third-order valence-electron chi connectivity index (χ3n) is 3.18. The number of hydrogen-bond acceptors (Lipinski definition) is 2. The number of benzene rings is 1. The molecule has 2 heteroatoms. The normalized spacial score (nSPS) is 19.3. The van der Waals surface area contributed by atoms with Gasteiger partial charge in [0.1, 0.15) is 6.61 Å². The average Bonchev–Trinajstić information content (AvgIpc) is 2.80. The molecule has 0 radical (unpaired) electrons. The first kappa shape index (κ1) is 12.2. The van der Waals surface area contributed by atoms with Crippen molar-refractivity contribution in [2.75, 3.05) is 6.61 Å². The lowest BCUT2D eigenvalue weighted by Crippen LogP contribution is -2.13. The van der Waals surface area contributed by atoms with Crippen molar-refractivity contribution in [3.8, 4) is 0 Å². The van der Waals surface area contributed by atoms with Gasteiger partial charge in [0.05, 0.1) is 6.04 Å². The summed E-state index contributed by atoms with van der Waals surface area (Å²) in [6, 6.07) is 8.90. The monoisotopic (exact) mass is 231 g/mol. The molecule has 1 unspecified atom stereocenters. The van der Waals surface area contributed by atoms with Crippen molar-refractivity contribution in [1.82, 2.24) is 0 Å². The van der Waals surface area contributed by atoms with Crippen LogP contribution in [0.1, 0.15) is 38.3 Å². The summed E-state index contributed by atoms with van der Waals surface area (Å²) in [4.78, 5) is 4.63. The molecular formula is C15H21NO. The zero-order valence-corrected chi connectivity index (χ0v) is 10.9. The SMILES string of the molecule is CCCc1ccc(C2=NC(C(C)C)CO2)cc1. The predicted molar refractivity (Wildman–Crippen MR) is 71.6 cm³/mol. The lowest BCUT2D eigenvalue weighted by atomic mass is 10.1. The maximum absolute atomic E-state index is 5.66. The van der Waals surface area contributed by atoms with E-state index in [1.807, 2.05) is 0 Å². The van der Waals surface area contributed by atoms with Crippen molar-refractivity contribution < 1.29 is 4.74 Å². The Labute approximate surface area is 104 Å². The summed E-state index contributed by atoms with van der Waals surface area (Å²) in [5.74, 6) is 1.36. The van der Waals surface area contributed by atoms with E-state index < -0.39 is 0 Å². The largest absolute Gasteiger partial charge is 0.475 e. The van der Waals surface area contributed by atoms with E-state index in [-0.39, 0.29) is 0 Å². The first-order valence-corrected chi connectivity index (χ1v) is 6.50. The average molecular weight is 231 g/mol. The van der Waals surface area contributed by atoms with Crippen LogP contribution in [0.5, 0.6) is 0 Å². The molecule has 1 heterocycles. The molecule has 1 aromatic carbocycles. The summed E-state index contributed by atoms with van der Waals surface area (Å²) in [6.45, 7) is 7.30. The minimum absolute atomic E-state index is 0.320. The van der Waals surface area contributed by atoms with Gasteiger partial charge in [-0.05, 0) is 30.0 Å². The molecular weight excluding hydrogens is 210 g/mol. The number of nitrogens with zero attached hydrogens (tertiary/aromatic N) is 1. The van der Waals surface area contributed by atoms with Gasteiger partial charge in [0.15, 0.2) is 0 Å². The zero-order valence-electron chi connectivity index (χ0n) is 10.9. The molecule has 0 spiro atoms. The zero-order chi connectivity index (χ0) is 12.3. The fourth-order valence-corrected chi connectivity index (χ4v) is 1.99. The quantitative estimate of drug-likeness (QED) is 0.778. The molecule has 1 aliphatic rings. The van der Waals surface area contributed by atoms with Crippen LogP contribution in [0.15, 0.2) is 29.3 Å². The Bertz CT molecular complexity index is 392. The second-order valence-corrected chi connectivity index (χ2v) is 5.00. The molecule has 0 bridgehead atoms. The van der Waals surface area contributed by atoms with E-state index in [2.05, 4.69) is 50.0 Å². The van der Waals surface area contributed by atoms with E-state index in [0.717, 1.165) is 24.5 Å². The van der Waals surface area contributed by atoms with E-state index in [1.165, 1.54) is 12.0 Å². The third-order valence-corrected chi connectivity index (χ3v) is 3.18. The number of rotatable bonds is 4. The lowest BCUT2D eigenvalue weighted by molar-refractivity contribution is 0.292. The molecule has 0 saturated heterocycles. The summed E-state index contributed by atoms with van der Waals surface area (Å²) in [6.07, 6.45) is 2.33. The Morgan fingerprint density at radius 3 is 2.53 bits per heavy atom. The van der Waals surface area contributed by atoms with Gasteiger partial charge < -0.3 is 4.74 Å². The fourth-order valence-electron chi connectivity index (χ4n) is 1.99. The van der Waals surface area contributed by atoms with Crippen LogP contribution < -0.4 is 0 Å². The van der Waals surface area contributed by atoms with Gasteiger partial charge in [0, 0.05) is 5.56 Å². The fraction of sp³-hybridized carbons (Fsp3) is 0.533. The summed E-state index contributed by atoms with van der Waals surface area (Å²) in [5, 5.41) is 0. The minimum atomic E-state index is 0.320.